The highest BCUT2D eigenvalue weighted by Gasteiger charge is 2.29. The molecule has 0 aliphatic carbocycles. The lowest BCUT2D eigenvalue weighted by atomic mass is 10.1. The Morgan fingerprint density at radius 1 is 1.35 bits per heavy atom. The van der Waals surface area contributed by atoms with Crippen LogP contribution in [-0.4, -0.2) is 55.9 Å². The molecule has 2 aliphatic rings. The fourth-order valence-electron chi connectivity index (χ4n) is 3.25. The molecule has 0 spiro atoms. The number of pyridine rings is 1. The Morgan fingerprint density at radius 3 is 2.74 bits per heavy atom. The minimum Gasteiger partial charge on any atom is -0.496 e. The van der Waals surface area contributed by atoms with Crippen LogP contribution in [0.1, 0.15) is 5.56 Å². The molecule has 0 saturated carbocycles. The third kappa shape index (κ3) is 4.44. The van der Waals surface area contributed by atoms with Gasteiger partial charge >= 0.3 is 0 Å². The van der Waals surface area contributed by atoms with E-state index in [0.29, 0.717) is 48.6 Å². The number of hydrazine groups is 1. The van der Waals surface area contributed by atoms with E-state index in [2.05, 4.69) is 15.7 Å². The SMILES string of the molecule is COc1cc(OCC2COC2)ncc1C1=CC(C(=O)Nc2c(F)cccc2F)NN1C. The zero-order valence-electron chi connectivity index (χ0n) is 17.0. The van der Waals surface area contributed by atoms with Crippen LogP contribution < -0.4 is 20.2 Å². The van der Waals surface area contributed by atoms with Crippen molar-refractivity contribution in [2.45, 2.75) is 6.04 Å². The lowest BCUT2D eigenvalue weighted by Gasteiger charge is -2.25. The number of nitrogens with zero attached hydrogens (tertiary/aromatic N) is 2. The van der Waals surface area contributed by atoms with Crippen LogP contribution in [-0.2, 0) is 9.53 Å². The van der Waals surface area contributed by atoms with Gasteiger partial charge in [0.05, 0.1) is 38.2 Å². The second-order valence-electron chi connectivity index (χ2n) is 7.24. The summed E-state index contributed by atoms with van der Waals surface area (Å²) >= 11 is 0. The van der Waals surface area contributed by atoms with Gasteiger partial charge in [0.25, 0.3) is 0 Å². The first-order chi connectivity index (χ1) is 15.0. The number of anilines is 1. The van der Waals surface area contributed by atoms with E-state index < -0.39 is 29.3 Å². The van der Waals surface area contributed by atoms with Gasteiger partial charge in [-0.05, 0) is 18.2 Å². The number of nitrogens with one attached hydrogen (secondary N) is 2. The zero-order valence-corrected chi connectivity index (χ0v) is 17.0. The van der Waals surface area contributed by atoms with E-state index >= 15 is 0 Å². The van der Waals surface area contributed by atoms with E-state index in [1.165, 1.54) is 13.2 Å². The average Bonchev–Trinajstić information content (AvgIpc) is 3.11. The molecule has 4 rings (SSSR count). The van der Waals surface area contributed by atoms with Crippen molar-refractivity contribution in [3.05, 3.63) is 53.7 Å². The van der Waals surface area contributed by atoms with Crippen molar-refractivity contribution in [1.29, 1.82) is 0 Å². The number of carbonyl (C=O) groups excluding carboxylic acids is 1. The molecule has 10 heteroatoms. The topological polar surface area (TPSA) is 84.9 Å². The monoisotopic (exact) mass is 432 g/mol. The lowest BCUT2D eigenvalue weighted by molar-refractivity contribution is -0.117. The molecule has 2 aromatic rings. The molecular formula is C21H22F2N4O4. The van der Waals surface area contributed by atoms with Crippen LogP contribution in [0.5, 0.6) is 11.6 Å². The summed E-state index contributed by atoms with van der Waals surface area (Å²) in [4.78, 5) is 16.9. The first kappa shape index (κ1) is 21.0. The van der Waals surface area contributed by atoms with Crippen molar-refractivity contribution in [2.75, 3.05) is 39.3 Å². The molecule has 2 aliphatic heterocycles. The minimum absolute atomic E-state index is 0.360. The van der Waals surface area contributed by atoms with Gasteiger partial charge in [-0.2, -0.15) is 0 Å². The third-order valence-corrected chi connectivity index (χ3v) is 5.02. The average molecular weight is 432 g/mol. The number of halogens is 2. The molecule has 0 bridgehead atoms. The number of methoxy groups -OCH3 is 1. The van der Waals surface area contributed by atoms with E-state index in [1.54, 1.807) is 30.4 Å². The summed E-state index contributed by atoms with van der Waals surface area (Å²) in [5, 5.41) is 3.91. The number of benzene rings is 1. The molecule has 3 heterocycles. The molecule has 1 unspecified atom stereocenters. The van der Waals surface area contributed by atoms with Gasteiger partial charge in [-0.25, -0.2) is 19.2 Å². The van der Waals surface area contributed by atoms with Crippen molar-refractivity contribution in [1.82, 2.24) is 15.4 Å². The summed E-state index contributed by atoms with van der Waals surface area (Å²) in [6.07, 6.45) is 3.21. The smallest absolute Gasteiger partial charge is 0.247 e. The standard InChI is InChI=1S/C21H22F2N4O4/c1-27-17(6-16(26-27)21(28)25-20-14(22)4-3-5-15(20)23)13-8-24-19(7-18(13)29-2)31-11-12-9-30-10-12/h3-8,12,16,26H,9-11H2,1-2H3,(H,25,28). The number of ether oxygens (including phenoxy) is 3. The maximum Gasteiger partial charge on any atom is 0.247 e. The van der Waals surface area contributed by atoms with Crippen LogP contribution in [0.15, 0.2) is 36.5 Å². The fourth-order valence-corrected chi connectivity index (χ4v) is 3.25. The van der Waals surface area contributed by atoms with Crippen molar-refractivity contribution in [3.8, 4) is 11.6 Å². The van der Waals surface area contributed by atoms with Gasteiger partial charge in [-0.3, -0.25) is 4.79 Å². The molecule has 1 atom stereocenters. The second kappa shape index (κ2) is 8.86. The van der Waals surface area contributed by atoms with Crippen molar-refractivity contribution in [2.24, 2.45) is 5.92 Å². The van der Waals surface area contributed by atoms with Crippen LogP contribution in [0.2, 0.25) is 0 Å². The van der Waals surface area contributed by atoms with Gasteiger partial charge in [-0.1, -0.05) is 6.07 Å². The summed E-state index contributed by atoms with van der Waals surface area (Å²) in [5.41, 5.74) is 3.70. The fraction of sp³-hybridized carbons (Fsp3) is 0.333. The number of rotatable bonds is 7. The molecule has 1 aromatic carbocycles. The minimum atomic E-state index is -0.849. The molecular weight excluding hydrogens is 410 g/mol. The third-order valence-electron chi connectivity index (χ3n) is 5.02. The maximum atomic E-state index is 13.8. The lowest BCUT2D eigenvalue weighted by Crippen LogP contribution is -2.41. The Morgan fingerprint density at radius 2 is 2.10 bits per heavy atom. The highest BCUT2D eigenvalue weighted by atomic mass is 19.1. The van der Waals surface area contributed by atoms with Crippen LogP contribution >= 0.6 is 0 Å². The Hall–Kier alpha value is -3.24. The van der Waals surface area contributed by atoms with Crippen LogP contribution in [0, 0.1) is 17.6 Å². The van der Waals surface area contributed by atoms with E-state index in [1.807, 2.05) is 0 Å². The van der Waals surface area contributed by atoms with Crippen molar-refractivity contribution in [3.63, 3.8) is 0 Å². The molecule has 8 nitrogen and oxygen atoms in total. The molecule has 1 saturated heterocycles. The normalized spacial score (nSPS) is 18.4. The van der Waals surface area contributed by atoms with E-state index in [4.69, 9.17) is 14.2 Å². The second-order valence-corrected chi connectivity index (χ2v) is 7.24. The summed E-state index contributed by atoms with van der Waals surface area (Å²) in [7, 11) is 3.24. The number of hydrogen-bond acceptors (Lipinski definition) is 7. The van der Waals surface area contributed by atoms with E-state index in [0.717, 1.165) is 12.1 Å². The molecule has 0 radical (unpaired) electrons. The summed E-state index contributed by atoms with van der Waals surface area (Å²) < 4.78 is 44.0. The predicted molar refractivity (Wildman–Crippen MR) is 108 cm³/mol. The summed E-state index contributed by atoms with van der Waals surface area (Å²) in [5.74, 6) is -1.01. The Labute approximate surface area is 177 Å². The van der Waals surface area contributed by atoms with Crippen LogP contribution in [0.4, 0.5) is 14.5 Å². The first-order valence-corrected chi connectivity index (χ1v) is 9.67. The molecule has 31 heavy (non-hydrogen) atoms. The number of carbonyl (C=O) groups is 1. The Bertz CT molecular complexity index is 993. The quantitative estimate of drug-likeness (QED) is 0.694. The van der Waals surface area contributed by atoms with Gasteiger partial charge in [0.1, 0.15) is 29.1 Å². The van der Waals surface area contributed by atoms with Crippen molar-refractivity contribution < 1.29 is 27.8 Å². The summed E-state index contributed by atoms with van der Waals surface area (Å²) in [6, 6.07) is 4.20. The van der Waals surface area contributed by atoms with Gasteiger partial charge in [0.2, 0.25) is 11.8 Å². The highest BCUT2D eigenvalue weighted by molar-refractivity contribution is 5.98. The zero-order chi connectivity index (χ0) is 22.0. The molecule has 164 valence electrons. The summed E-state index contributed by atoms with van der Waals surface area (Å²) in [6.45, 7) is 1.87. The largest absolute Gasteiger partial charge is 0.496 e. The number of aromatic nitrogens is 1. The van der Waals surface area contributed by atoms with Gasteiger partial charge in [0.15, 0.2) is 0 Å². The van der Waals surface area contributed by atoms with Crippen molar-refractivity contribution >= 4 is 17.3 Å². The van der Waals surface area contributed by atoms with E-state index in [9.17, 15) is 13.6 Å². The van der Waals surface area contributed by atoms with Crippen LogP contribution in [0.25, 0.3) is 5.70 Å². The van der Waals surface area contributed by atoms with Gasteiger partial charge in [0, 0.05) is 25.2 Å². The molecule has 1 amide bonds. The molecule has 2 N–H and O–H groups in total. The number of amides is 1. The molecule has 1 aromatic heterocycles. The predicted octanol–water partition coefficient (Wildman–Crippen LogP) is 2.19. The van der Waals surface area contributed by atoms with Gasteiger partial charge < -0.3 is 24.5 Å². The van der Waals surface area contributed by atoms with E-state index in [-0.39, 0.29) is 0 Å². The molecule has 1 fully saturated rings. The van der Waals surface area contributed by atoms with Crippen LogP contribution in [0.3, 0.4) is 0 Å². The first-order valence-electron chi connectivity index (χ1n) is 9.67. The number of para-hydroxylation sites is 1. The van der Waals surface area contributed by atoms with Gasteiger partial charge in [-0.15, -0.1) is 0 Å². The highest BCUT2D eigenvalue weighted by Crippen LogP contribution is 2.32. The Balaban J connectivity index is 1.50. The number of hydrogen-bond donors (Lipinski definition) is 2. The Kier molecular flexibility index (Phi) is 6.01. The maximum absolute atomic E-state index is 13.8.